The normalized spacial score (nSPS) is 18.6. The highest BCUT2D eigenvalue weighted by molar-refractivity contribution is 5.95. The Morgan fingerprint density at radius 1 is 0.786 bits per heavy atom. The van der Waals surface area contributed by atoms with Gasteiger partial charge in [-0.2, -0.15) is 0 Å². The molecule has 28 heavy (non-hydrogen) atoms. The summed E-state index contributed by atoms with van der Waals surface area (Å²) in [7, 11) is 0. The Hall–Kier alpha value is -1.84. The molecule has 2 aliphatic carbocycles. The van der Waals surface area contributed by atoms with Crippen molar-refractivity contribution in [2.24, 2.45) is 11.8 Å². The summed E-state index contributed by atoms with van der Waals surface area (Å²) in [5.41, 5.74) is 1.75. The largest absolute Gasteiger partial charge is 0.462 e. The average molecular weight is 387 g/mol. The number of rotatable bonds is 7. The maximum Gasteiger partial charge on any atom is 0.338 e. The van der Waals surface area contributed by atoms with Crippen molar-refractivity contribution in [2.75, 3.05) is 13.2 Å². The summed E-state index contributed by atoms with van der Waals surface area (Å²) in [6.07, 6.45) is 13.4. The van der Waals surface area contributed by atoms with E-state index in [4.69, 9.17) is 9.47 Å². The second-order valence-electron chi connectivity index (χ2n) is 8.62. The lowest BCUT2D eigenvalue weighted by atomic mass is 9.87. The van der Waals surface area contributed by atoms with E-state index in [1.807, 2.05) is 6.92 Å². The van der Waals surface area contributed by atoms with Gasteiger partial charge in [-0.25, -0.2) is 9.59 Å². The molecule has 1 aromatic carbocycles. The second-order valence-corrected chi connectivity index (χ2v) is 8.62. The van der Waals surface area contributed by atoms with Gasteiger partial charge in [0.1, 0.15) is 0 Å². The number of hydrogen-bond donors (Lipinski definition) is 0. The first-order valence-electron chi connectivity index (χ1n) is 11.1. The number of hydrogen-bond acceptors (Lipinski definition) is 4. The first kappa shape index (κ1) is 20.9. The Kier molecular flexibility index (Phi) is 7.93. The molecule has 3 rings (SSSR count). The molecule has 1 aromatic rings. The van der Waals surface area contributed by atoms with Crippen molar-refractivity contribution in [3.63, 3.8) is 0 Å². The molecule has 0 N–H and O–H groups in total. The van der Waals surface area contributed by atoms with Crippen LogP contribution in [0.3, 0.4) is 0 Å². The predicted octanol–water partition coefficient (Wildman–Crippen LogP) is 5.86. The summed E-state index contributed by atoms with van der Waals surface area (Å²) in [6, 6.07) is 5.17. The van der Waals surface area contributed by atoms with Crippen molar-refractivity contribution in [2.45, 2.75) is 77.6 Å². The van der Waals surface area contributed by atoms with E-state index >= 15 is 0 Å². The fourth-order valence-electron chi connectivity index (χ4n) is 4.53. The summed E-state index contributed by atoms with van der Waals surface area (Å²) in [5.74, 6) is 0.475. The number of benzene rings is 1. The molecule has 4 heteroatoms. The van der Waals surface area contributed by atoms with Crippen LogP contribution in [0.15, 0.2) is 18.2 Å². The Morgan fingerprint density at radius 3 is 1.93 bits per heavy atom. The van der Waals surface area contributed by atoms with Gasteiger partial charge in [0.15, 0.2) is 0 Å². The molecule has 0 amide bonds. The molecule has 0 aromatic heterocycles. The topological polar surface area (TPSA) is 52.6 Å². The lowest BCUT2D eigenvalue weighted by Gasteiger charge is -2.21. The molecule has 2 saturated carbocycles. The molecule has 0 saturated heterocycles. The van der Waals surface area contributed by atoms with Gasteiger partial charge in [-0.15, -0.1) is 0 Å². The molecule has 0 heterocycles. The molecule has 4 nitrogen and oxygen atoms in total. The van der Waals surface area contributed by atoms with Gasteiger partial charge in [0.25, 0.3) is 0 Å². The summed E-state index contributed by atoms with van der Waals surface area (Å²) in [5, 5.41) is 0. The van der Waals surface area contributed by atoms with E-state index in [9.17, 15) is 9.59 Å². The fraction of sp³-hybridized carbons (Fsp3) is 0.667. The van der Waals surface area contributed by atoms with Crippen LogP contribution in [0.2, 0.25) is 0 Å². The molecule has 2 fully saturated rings. The summed E-state index contributed by atoms with van der Waals surface area (Å²) in [6.45, 7) is 2.82. The number of esters is 2. The third kappa shape index (κ3) is 6.35. The molecule has 0 atom stereocenters. The molecule has 0 unspecified atom stereocenters. The van der Waals surface area contributed by atoms with Gasteiger partial charge in [-0.1, -0.05) is 51.4 Å². The minimum Gasteiger partial charge on any atom is -0.462 e. The van der Waals surface area contributed by atoms with E-state index in [0.29, 0.717) is 36.2 Å². The average Bonchev–Trinajstić information content (AvgIpc) is 2.73. The Balaban J connectivity index is 1.50. The second kappa shape index (κ2) is 10.6. The van der Waals surface area contributed by atoms with E-state index in [2.05, 4.69) is 0 Å². The summed E-state index contributed by atoms with van der Waals surface area (Å²) >= 11 is 0. The highest BCUT2D eigenvalue weighted by Gasteiger charge is 2.19. The summed E-state index contributed by atoms with van der Waals surface area (Å²) < 4.78 is 11.0. The van der Waals surface area contributed by atoms with Crippen LogP contribution in [0, 0.1) is 18.8 Å². The van der Waals surface area contributed by atoms with E-state index in [-0.39, 0.29) is 11.9 Å². The van der Waals surface area contributed by atoms with Crippen molar-refractivity contribution < 1.29 is 19.1 Å². The molecule has 0 aliphatic heterocycles. The van der Waals surface area contributed by atoms with Crippen LogP contribution in [0.25, 0.3) is 0 Å². The zero-order valence-electron chi connectivity index (χ0n) is 17.2. The van der Waals surface area contributed by atoms with Gasteiger partial charge in [-0.3, -0.25) is 0 Å². The predicted molar refractivity (Wildman–Crippen MR) is 110 cm³/mol. The quantitative estimate of drug-likeness (QED) is 0.551. The molecule has 0 spiro atoms. The van der Waals surface area contributed by atoms with E-state index < -0.39 is 0 Å². The van der Waals surface area contributed by atoms with E-state index in [0.717, 1.165) is 24.8 Å². The third-order valence-electron chi connectivity index (χ3n) is 6.21. The molecular formula is C24H34O4. The highest BCUT2D eigenvalue weighted by Crippen LogP contribution is 2.26. The first-order chi connectivity index (χ1) is 13.6. The fourth-order valence-corrected chi connectivity index (χ4v) is 4.53. The van der Waals surface area contributed by atoms with Crippen LogP contribution in [-0.4, -0.2) is 25.2 Å². The monoisotopic (exact) mass is 386 g/mol. The van der Waals surface area contributed by atoms with Crippen LogP contribution >= 0.6 is 0 Å². The van der Waals surface area contributed by atoms with E-state index in [1.54, 1.807) is 18.2 Å². The third-order valence-corrected chi connectivity index (χ3v) is 6.21. The van der Waals surface area contributed by atoms with Crippen molar-refractivity contribution in [3.8, 4) is 0 Å². The van der Waals surface area contributed by atoms with Crippen molar-refractivity contribution in [1.82, 2.24) is 0 Å². The van der Waals surface area contributed by atoms with E-state index in [1.165, 1.54) is 51.4 Å². The van der Waals surface area contributed by atoms with Crippen LogP contribution in [-0.2, 0) is 9.47 Å². The molecule has 0 radical (unpaired) electrons. The van der Waals surface area contributed by atoms with Crippen molar-refractivity contribution in [1.29, 1.82) is 0 Å². The summed E-state index contributed by atoms with van der Waals surface area (Å²) in [4.78, 5) is 24.9. The first-order valence-corrected chi connectivity index (χ1v) is 11.1. The van der Waals surface area contributed by atoms with Gasteiger partial charge < -0.3 is 9.47 Å². The van der Waals surface area contributed by atoms with Crippen LogP contribution in [0.1, 0.15) is 96.9 Å². The number of ether oxygens (including phenoxy) is 2. The van der Waals surface area contributed by atoms with Crippen molar-refractivity contribution >= 4 is 11.9 Å². The number of carbonyl (C=O) groups excluding carboxylic acids is 2. The van der Waals surface area contributed by atoms with Gasteiger partial charge in [0.05, 0.1) is 24.3 Å². The SMILES string of the molecule is Cc1cc(C(=O)OCCC2CCCCC2)cc(C(=O)OCC2CCCCC2)c1. The van der Waals surface area contributed by atoms with Gasteiger partial charge in [0.2, 0.25) is 0 Å². The Bertz CT molecular complexity index is 655. The lowest BCUT2D eigenvalue weighted by Crippen LogP contribution is -2.17. The van der Waals surface area contributed by atoms with Gasteiger partial charge >= 0.3 is 11.9 Å². The highest BCUT2D eigenvalue weighted by atomic mass is 16.5. The minimum atomic E-state index is -0.346. The van der Waals surface area contributed by atoms with Gasteiger partial charge in [-0.05, 0) is 61.8 Å². The molecule has 2 aliphatic rings. The van der Waals surface area contributed by atoms with Gasteiger partial charge in [0, 0.05) is 0 Å². The number of carbonyl (C=O) groups is 2. The Labute approximate surface area is 169 Å². The Morgan fingerprint density at radius 2 is 1.32 bits per heavy atom. The zero-order valence-corrected chi connectivity index (χ0v) is 17.2. The van der Waals surface area contributed by atoms with Crippen molar-refractivity contribution in [3.05, 3.63) is 34.9 Å². The standard InChI is InChI=1S/C24H34O4/c1-18-14-21(23(25)27-13-12-19-8-4-2-5-9-19)16-22(15-18)24(26)28-17-20-10-6-3-7-11-20/h14-16,19-20H,2-13,17H2,1H3. The molecule has 0 bridgehead atoms. The zero-order chi connectivity index (χ0) is 19.8. The maximum atomic E-state index is 12.5. The van der Waals surface area contributed by atoms with Crippen LogP contribution < -0.4 is 0 Å². The smallest absolute Gasteiger partial charge is 0.338 e. The number of aryl methyl sites for hydroxylation is 1. The molecule has 154 valence electrons. The minimum absolute atomic E-state index is 0.342. The lowest BCUT2D eigenvalue weighted by molar-refractivity contribution is 0.0410. The molecular weight excluding hydrogens is 352 g/mol. The maximum absolute atomic E-state index is 12.5. The van der Waals surface area contributed by atoms with Crippen LogP contribution in [0.4, 0.5) is 0 Å². The van der Waals surface area contributed by atoms with Crippen LogP contribution in [0.5, 0.6) is 0 Å².